The zero-order valence-electron chi connectivity index (χ0n) is 16.8. The van der Waals surface area contributed by atoms with E-state index in [1.807, 2.05) is 19.0 Å². The lowest BCUT2D eigenvalue weighted by Gasteiger charge is -2.25. The molecule has 2 N–H and O–H groups in total. The maximum Gasteiger partial charge on any atom is 0.270 e. The van der Waals surface area contributed by atoms with E-state index in [0.717, 1.165) is 12.0 Å². The largest absolute Gasteiger partial charge is 0.353 e. The predicted molar refractivity (Wildman–Crippen MR) is 111 cm³/mol. The number of nitrogens with zero attached hydrogens (tertiary/aromatic N) is 2. The lowest BCUT2D eigenvalue weighted by Crippen LogP contribution is -2.40. The highest BCUT2D eigenvalue weighted by Crippen LogP contribution is 2.18. The Morgan fingerprint density at radius 1 is 1.10 bits per heavy atom. The molecule has 2 aromatic carbocycles. The predicted octanol–water partition coefficient (Wildman–Crippen LogP) is 2.31. The molecular weight excluding hydrogens is 372 g/mol. The monoisotopic (exact) mass is 398 g/mol. The van der Waals surface area contributed by atoms with Gasteiger partial charge in [-0.25, -0.2) is 0 Å². The quantitative estimate of drug-likeness (QED) is 0.498. The van der Waals surface area contributed by atoms with E-state index in [2.05, 4.69) is 41.8 Å². The topological polar surface area (TPSA) is 105 Å². The first kappa shape index (κ1) is 22.0. The van der Waals surface area contributed by atoms with Crippen molar-refractivity contribution in [3.8, 4) is 0 Å². The number of hydrogen-bond donors (Lipinski definition) is 2. The highest BCUT2D eigenvalue weighted by Gasteiger charge is 2.16. The summed E-state index contributed by atoms with van der Waals surface area (Å²) in [5, 5.41) is 16.1. The zero-order valence-corrected chi connectivity index (χ0v) is 16.8. The third-order valence-corrected chi connectivity index (χ3v) is 4.62. The van der Waals surface area contributed by atoms with Crippen LogP contribution < -0.4 is 10.6 Å². The van der Waals surface area contributed by atoms with E-state index in [0.29, 0.717) is 6.54 Å². The number of aryl methyl sites for hydroxylation is 1. The third kappa shape index (κ3) is 6.39. The summed E-state index contributed by atoms with van der Waals surface area (Å²) in [7, 11) is 3.88. The summed E-state index contributed by atoms with van der Waals surface area (Å²) in [5.74, 6) is -0.871. The van der Waals surface area contributed by atoms with Crippen molar-refractivity contribution < 1.29 is 14.5 Å². The van der Waals surface area contributed by atoms with E-state index < -0.39 is 10.8 Å². The van der Waals surface area contributed by atoms with Gasteiger partial charge in [0.1, 0.15) is 0 Å². The number of carbonyl (C=O) groups excluding carboxylic acids is 2. The van der Waals surface area contributed by atoms with Crippen LogP contribution in [0.15, 0.2) is 48.5 Å². The van der Waals surface area contributed by atoms with Gasteiger partial charge in [0.05, 0.1) is 17.5 Å². The molecule has 0 aliphatic rings. The van der Waals surface area contributed by atoms with Crippen LogP contribution in [-0.2, 0) is 11.2 Å². The van der Waals surface area contributed by atoms with Crippen molar-refractivity contribution in [2.24, 2.45) is 0 Å². The maximum absolute atomic E-state index is 12.2. The standard InChI is InChI=1S/C21H26N4O4/c1-4-15-8-10-16(11-9-15)19(24(2)3)13-22-20(26)14-23-21(27)17-6-5-7-18(12-17)25(28)29/h5-12,19H,4,13-14H2,1-3H3,(H,22,26)(H,23,27). The average molecular weight is 398 g/mol. The Morgan fingerprint density at radius 3 is 2.38 bits per heavy atom. The molecular formula is C21H26N4O4. The van der Waals surface area contributed by atoms with Crippen LogP contribution in [0.2, 0.25) is 0 Å². The molecule has 0 saturated carbocycles. The fourth-order valence-corrected chi connectivity index (χ4v) is 2.87. The fraction of sp³-hybridized carbons (Fsp3) is 0.333. The number of likely N-dealkylation sites (N-methyl/N-ethyl adjacent to an activating group) is 1. The summed E-state index contributed by atoms with van der Waals surface area (Å²) in [5.41, 5.74) is 2.30. The second-order valence-electron chi connectivity index (χ2n) is 6.87. The van der Waals surface area contributed by atoms with Crippen LogP contribution in [0.5, 0.6) is 0 Å². The molecule has 2 aromatic rings. The van der Waals surface area contributed by atoms with Crippen molar-refractivity contribution in [1.29, 1.82) is 0 Å². The van der Waals surface area contributed by atoms with Crippen LogP contribution in [0, 0.1) is 10.1 Å². The Labute approximate surface area is 170 Å². The van der Waals surface area contributed by atoms with Crippen LogP contribution in [-0.4, -0.2) is 48.8 Å². The minimum atomic E-state index is -0.572. The number of carbonyl (C=O) groups is 2. The minimum Gasteiger partial charge on any atom is -0.353 e. The molecule has 0 aliphatic heterocycles. The van der Waals surface area contributed by atoms with E-state index in [4.69, 9.17) is 0 Å². The molecule has 0 saturated heterocycles. The molecule has 29 heavy (non-hydrogen) atoms. The number of rotatable bonds is 9. The third-order valence-electron chi connectivity index (χ3n) is 4.62. The first-order valence-corrected chi connectivity index (χ1v) is 9.36. The Bertz CT molecular complexity index is 865. The van der Waals surface area contributed by atoms with Gasteiger partial charge in [-0.1, -0.05) is 37.3 Å². The number of nitro groups is 1. The Balaban J connectivity index is 1.89. The highest BCUT2D eigenvalue weighted by atomic mass is 16.6. The van der Waals surface area contributed by atoms with Crippen LogP contribution in [0.4, 0.5) is 5.69 Å². The van der Waals surface area contributed by atoms with E-state index in [-0.39, 0.29) is 29.7 Å². The Morgan fingerprint density at radius 2 is 1.79 bits per heavy atom. The molecule has 0 aliphatic carbocycles. The number of hydrogen-bond acceptors (Lipinski definition) is 5. The summed E-state index contributed by atoms with van der Waals surface area (Å²) in [6.45, 7) is 2.28. The smallest absolute Gasteiger partial charge is 0.270 e. The second kappa shape index (κ2) is 10.3. The number of nitrogens with one attached hydrogen (secondary N) is 2. The van der Waals surface area contributed by atoms with Gasteiger partial charge in [-0.15, -0.1) is 0 Å². The van der Waals surface area contributed by atoms with Crippen LogP contribution >= 0.6 is 0 Å². The molecule has 0 radical (unpaired) electrons. The number of amides is 2. The molecule has 2 amide bonds. The van der Waals surface area contributed by atoms with Crippen molar-refractivity contribution in [2.45, 2.75) is 19.4 Å². The first-order chi connectivity index (χ1) is 13.8. The van der Waals surface area contributed by atoms with E-state index in [1.165, 1.54) is 29.8 Å². The van der Waals surface area contributed by atoms with E-state index in [9.17, 15) is 19.7 Å². The SMILES string of the molecule is CCc1ccc(C(CNC(=O)CNC(=O)c2cccc([N+](=O)[O-])c2)N(C)C)cc1. The van der Waals surface area contributed by atoms with Gasteiger partial charge in [0.25, 0.3) is 11.6 Å². The van der Waals surface area contributed by atoms with Gasteiger partial charge in [0.15, 0.2) is 0 Å². The van der Waals surface area contributed by atoms with Crippen LogP contribution in [0.3, 0.4) is 0 Å². The second-order valence-corrected chi connectivity index (χ2v) is 6.87. The summed E-state index contributed by atoms with van der Waals surface area (Å²) < 4.78 is 0. The molecule has 1 unspecified atom stereocenters. The Kier molecular flexibility index (Phi) is 7.85. The molecule has 8 heteroatoms. The van der Waals surface area contributed by atoms with Gasteiger partial charge < -0.3 is 15.5 Å². The lowest BCUT2D eigenvalue weighted by molar-refractivity contribution is -0.384. The average Bonchev–Trinajstić information content (AvgIpc) is 2.72. The maximum atomic E-state index is 12.2. The first-order valence-electron chi connectivity index (χ1n) is 9.36. The van der Waals surface area contributed by atoms with Gasteiger partial charge in [-0.2, -0.15) is 0 Å². The molecule has 1 atom stereocenters. The van der Waals surface area contributed by atoms with Crippen molar-refractivity contribution in [2.75, 3.05) is 27.2 Å². The number of nitro benzene ring substituents is 1. The molecule has 2 rings (SSSR count). The molecule has 0 spiro atoms. The van der Waals surface area contributed by atoms with Crippen molar-refractivity contribution in [3.05, 3.63) is 75.3 Å². The number of non-ortho nitro benzene ring substituents is 1. The zero-order chi connectivity index (χ0) is 21.4. The normalized spacial score (nSPS) is 11.7. The summed E-state index contributed by atoms with van der Waals surface area (Å²) in [6, 6.07) is 13.6. The lowest BCUT2D eigenvalue weighted by atomic mass is 10.0. The van der Waals surface area contributed by atoms with Gasteiger partial charge in [0, 0.05) is 24.2 Å². The van der Waals surface area contributed by atoms with Gasteiger partial charge >= 0.3 is 0 Å². The van der Waals surface area contributed by atoms with E-state index >= 15 is 0 Å². The Hall–Kier alpha value is -3.26. The minimum absolute atomic E-state index is 0.00247. The molecule has 0 fully saturated rings. The summed E-state index contributed by atoms with van der Waals surface area (Å²) in [6.07, 6.45) is 0.966. The molecule has 8 nitrogen and oxygen atoms in total. The van der Waals surface area contributed by atoms with Crippen molar-refractivity contribution in [1.82, 2.24) is 15.5 Å². The van der Waals surface area contributed by atoms with Crippen molar-refractivity contribution >= 4 is 17.5 Å². The molecule has 0 heterocycles. The van der Waals surface area contributed by atoms with Gasteiger partial charge in [-0.3, -0.25) is 19.7 Å². The molecule has 0 bridgehead atoms. The molecule has 154 valence electrons. The fourth-order valence-electron chi connectivity index (χ4n) is 2.87. The molecule has 0 aromatic heterocycles. The van der Waals surface area contributed by atoms with Gasteiger partial charge in [-0.05, 0) is 37.7 Å². The van der Waals surface area contributed by atoms with Crippen LogP contribution in [0.25, 0.3) is 0 Å². The highest BCUT2D eigenvalue weighted by molar-refractivity contribution is 5.96. The summed E-state index contributed by atoms with van der Waals surface area (Å²) >= 11 is 0. The summed E-state index contributed by atoms with van der Waals surface area (Å²) in [4.78, 5) is 36.5. The van der Waals surface area contributed by atoms with Crippen molar-refractivity contribution in [3.63, 3.8) is 0 Å². The van der Waals surface area contributed by atoms with Crippen LogP contribution in [0.1, 0.15) is 34.5 Å². The number of benzene rings is 2. The van der Waals surface area contributed by atoms with Gasteiger partial charge in [0.2, 0.25) is 5.91 Å². The van der Waals surface area contributed by atoms with E-state index in [1.54, 1.807) is 0 Å².